The molecule has 1 N–H and O–H groups in total. The molecule has 1 unspecified atom stereocenters. The zero-order chi connectivity index (χ0) is 18.0. The van der Waals surface area contributed by atoms with Crippen LogP contribution in [-0.4, -0.2) is 25.5 Å². The summed E-state index contributed by atoms with van der Waals surface area (Å²) in [4.78, 5) is 26.6. The number of nitrogens with one attached hydrogen (secondary N) is 1. The van der Waals surface area contributed by atoms with E-state index in [1.54, 1.807) is 12.0 Å². The van der Waals surface area contributed by atoms with Gasteiger partial charge in [-0.25, -0.2) is 0 Å². The van der Waals surface area contributed by atoms with Gasteiger partial charge in [0, 0.05) is 24.3 Å². The lowest BCUT2D eigenvalue weighted by molar-refractivity contribution is -0.122. The van der Waals surface area contributed by atoms with Crippen molar-refractivity contribution in [2.45, 2.75) is 20.3 Å². The number of rotatable bonds is 4. The minimum absolute atomic E-state index is 0.0359. The van der Waals surface area contributed by atoms with Gasteiger partial charge in [-0.15, -0.1) is 0 Å². The van der Waals surface area contributed by atoms with Crippen LogP contribution < -0.4 is 15.0 Å². The van der Waals surface area contributed by atoms with Crippen molar-refractivity contribution in [3.63, 3.8) is 0 Å². The van der Waals surface area contributed by atoms with Crippen molar-refractivity contribution in [3.05, 3.63) is 53.6 Å². The van der Waals surface area contributed by atoms with Crippen LogP contribution in [0.2, 0.25) is 0 Å². The predicted molar refractivity (Wildman–Crippen MR) is 98.0 cm³/mol. The zero-order valence-corrected chi connectivity index (χ0v) is 14.7. The largest absolute Gasteiger partial charge is 0.497 e. The van der Waals surface area contributed by atoms with E-state index in [0.29, 0.717) is 6.54 Å². The summed E-state index contributed by atoms with van der Waals surface area (Å²) in [6.45, 7) is 4.38. The van der Waals surface area contributed by atoms with Gasteiger partial charge in [-0.3, -0.25) is 9.59 Å². The molecule has 130 valence electrons. The lowest BCUT2D eigenvalue weighted by Gasteiger charge is -2.17. The number of aryl methyl sites for hydroxylation is 1. The van der Waals surface area contributed by atoms with Gasteiger partial charge in [0.2, 0.25) is 11.8 Å². The second-order valence-electron chi connectivity index (χ2n) is 6.34. The maximum Gasteiger partial charge on any atom is 0.229 e. The van der Waals surface area contributed by atoms with Crippen LogP contribution in [-0.2, 0) is 9.59 Å². The molecular weight excluding hydrogens is 316 g/mol. The van der Waals surface area contributed by atoms with E-state index in [4.69, 9.17) is 4.74 Å². The van der Waals surface area contributed by atoms with Crippen molar-refractivity contribution >= 4 is 23.2 Å². The monoisotopic (exact) mass is 338 g/mol. The average molecular weight is 338 g/mol. The number of carbonyl (C=O) groups is 2. The highest BCUT2D eigenvalue weighted by Crippen LogP contribution is 2.28. The number of nitrogens with zero attached hydrogens (tertiary/aromatic N) is 1. The lowest BCUT2D eigenvalue weighted by atomic mass is 10.1. The first-order chi connectivity index (χ1) is 12.0. The highest BCUT2D eigenvalue weighted by atomic mass is 16.5. The SMILES string of the molecule is COc1ccc(N2CC(C(=O)Nc3cccc(C)c3C)CC2=O)cc1. The Bertz CT molecular complexity index is 799. The molecule has 0 radical (unpaired) electrons. The van der Waals surface area contributed by atoms with Gasteiger partial charge >= 0.3 is 0 Å². The maximum absolute atomic E-state index is 12.6. The van der Waals surface area contributed by atoms with Crippen LogP contribution in [0.3, 0.4) is 0 Å². The molecular formula is C20H22N2O3. The van der Waals surface area contributed by atoms with Gasteiger partial charge in [0.25, 0.3) is 0 Å². The molecule has 0 aromatic heterocycles. The molecule has 1 atom stereocenters. The van der Waals surface area contributed by atoms with Crippen LogP contribution in [0.15, 0.2) is 42.5 Å². The molecule has 3 rings (SSSR count). The molecule has 0 spiro atoms. The Morgan fingerprint density at radius 1 is 1.16 bits per heavy atom. The number of hydrogen-bond donors (Lipinski definition) is 1. The normalized spacial score (nSPS) is 16.8. The number of ether oxygens (including phenoxy) is 1. The van der Waals surface area contributed by atoms with Gasteiger partial charge in [-0.05, 0) is 55.3 Å². The Hall–Kier alpha value is -2.82. The van der Waals surface area contributed by atoms with E-state index < -0.39 is 0 Å². The number of benzene rings is 2. The van der Waals surface area contributed by atoms with Crippen molar-refractivity contribution in [2.75, 3.05) is 23.9 Å². The van der Waals surface area contributed by atoms with E-state index >= 15 is 0 Å². The molecule has 25 heavy (non-hydrogen) atoms. The Kier molecular flexibility index (Phi) is 4.74. The van der Waals surface area contributed by atoms with E-state index in [1.165, 1.54) is 0 Å². The summed E-state index contributed by atoms with van der Waals surface area (Å²) in [5.41, 5.74) is 3.76. The molecule has 2 aromatic rings. The van der Waals surface area contributed by atoms with Gasteiger partial charge in [-0.2, -0.15) is 0 Å². The smallest absolute Gasteiger partial charge is 0.229 e. The van der Waals surface area contributed by atoms with E-state index in [2.05, 4.69) is 5.32 Å². The number of amides is 2. The number of methoxy groups -OCH3 is 1. The summed E-state index contributed by atoms with van der Waals surface area (Å²) in [5.74, 6) is 0.235. The second-order valence-corrected chi connectivity index (χ2v) is 6.34. The summed E-state index contributed by atoms with van der Waals surface area (Å²) < 4.78 is 5.14. The van der Waals surface area contributed by atoms with Gasteiger partial charge < -0.3 is 15.0 Å². The Morgan fingerprint density at radius 2 is 1.88 bits per heavy atom. The standard InChI is InChI=1S/C20H22N2O3/c1-13-5-4-6-18(14(13)2)21-20(24)15-11-19(23)22(12-15)16-7-9-17(25-3)10-8-16/h4-10,15H,11-12H2,1-3H3,(H,21,24). The third-order valence-electron chi connectivity index (χ3n) is 4.74. The fraction of sp³-hybridized carbons (Fsp3) is 0.300. The Balaban J connectivity index is 1.71. The minimum Gasteiger partial charge on any atom is -0.497 e. The number of hydrogen-bond acceptors (Lipinski definition) is 3. The predicted octanol–water partition coefficient (Wildman–Crippen LogP) is 3.30. The first kappa shape index (κ1) is 17.0. The van der Waals surface area contributed by atoms with Crippen LogP contribution in [0.1, 0.15) is 17.5 Å². The Labute approximate surface area is 147 Å². The Morgan fingerprint density at radius 3 is 2.56 bits per heavy atom. The molecule has 1 heterocycles. The summed E-state index contributed by atoms with van der Waals surface area (Å²) in [7, 11) is 1.60. The summed E-state index contributed by atoms with van der Waals surface area (Å²) >= 11 is 0. The van der Waals surface area contributed by atoms with Gasteiger partial charge in [0.05, 0.1) is 13.0 Å². The van der Waals surface area contributed by atoms with Crippen LogP contribution in [0.25, 0.3) is 0 Å². The first-order valence-electron chi connectivity index (χ1n) is 8.31. The summed E-state index contributed by atoms with van der Waals surface area (Å²) in [6.07, 6.45) is 0.225. The molecule has 5 heteroatoms. The summed E-state index contributed by atoms with van der Waals surface area (Å²) in [5, 5.41) is 2.97. The van der Waals surface area contributed by atoms with Crippen molar-refractivity contribution in [2.24, 2.45) is 5.92 Å². The third kappa shape index (κ3) is 3.50. The van der Waals surface area contributed by atoms with E-state index in [1.807, 2.05) is 56.3 Å². The summed E-state index contributed by atoms with van der Waals surface area (Å²) in [6, 6.07) is 13.1. The highest BCUT2D eigenvalue weighted by molar-refractivity contribution is 6.03. The molecule has 0 bridgehead atoms. The molecule has 0 aliphatic carbocycles. The molecule has 1 aliphatic rings. The minimum atomic E-state index is -0.352. The second kappa shape index (κ2) is 6.97. The molecule has 5 nitrogen and oxygen atoms in total. The zero-order valence-electron chi connectivity index (χ0n) is 14.7. The lowest BCUT2D eigenvalue weighted by Crippen LogP contribution is -2.28. The van der Waals surface area contributed by atoms with E-state index in [0.717, 1.165) is 28.3 Å². The number of carbonyl (C=O) groups excluding carboxylic acids is 2. The van der Waals surface area contributed by atoms with Crippen molar-refractivity contribution in [1.82, 2.24) is 0 Å². The first-order valence-corrected chi connectivity index (χ1v) is 8.31. The van der Waals surface area contributed by atoms with Crippen molar-refractivity contribution < 1.29 is 14.3 Å². The molecule has 1 saturated heterocycles. The van der Waals surface area contributed by atoms with Crippen LogP contribution in [0.5, 0.6) is 5.75 Å². The molecule has 2 amide bonds. The average Bonchev–Trinajstić information content (AvgIpc) is 3.01. The maximum atomic E-state index is 12.6. The third-order valence-corrected chi connectivity index (χ3v) is 4.74. The quantitative estimate of drug-likeness (QED) is 0.930. The number of anilines is 2. The highest BCUT2D eigenvalue weighted by Gasteiger charge is 2.35. The van der Waals surface area contributed by atoms with E-state index in [9.17, 15) is 9.59 Å². The van der Waals surface area contributed by atoms with Crippen molar-refractivity contribution in [3.8, 4) is 5.75 Å². The van der Waals surface area contributed by atoms with Gasteiger partial charge in [0.15, 0.2) is 0 Å². The van der Waals surface area contributed by atoms with Crippen LogP contribution in [0.4, 0.5) is 11.4 Å². The van der Waals surface area contributed by atoms with E-state index in [-0.39, 0.29) is 24.2 Å². The van der Waals surface area contributed by atoms with Crippen LogP contribution >= 0.6 is 0 Å². The van der Waals surface area contributed by atoms with Gasteiger partial charge in [-0.1, -0.05) is 12.1 Å². The molecule has 1 aliphatic heterocycles. The fourth-order valence-corrected chi connectivity index (χ4v) is 3.02. The molecule has 0 saturated carbocycles. The fourth-order valence-electron chi connectivity index (χ4n) is 3.02. The topological polar surface area (TPSA) is 58.6 Å². The molecule has 1 fully saturated rings. The van der Waals surface area contributed by atoms with Crippen molar-refractivity contribution in [1.29, 1.82) is 0 Å². The van der Waals surface area contributed by atoms with Crippen LogP contribution in [0, 0.1) is 19.8 Å². The molecule has 2 aromatic carbocycles. The van der Waals surface area contributed by atoms with Gasteiger partial charge in [0.1, 0.15) is 5.75 Å².